The second-order valence-corrected chi connectivity index (χ2v) is 1.93. The number of amides is 2. The van der Waals surface area contributed by atoms with E-state index in [2.05, 4.69) is 0 Å². The molecule has 2 amide bonds. The topological polar surface area (TPSA) is 57.6 Å². The van der Waals surface area contributed by atoms with Crippen molar-refractivity contribution >= 4 is 41.6 Å². The van der Waals surface area contributed by atoms with E-state index in [4.69, 9.17) is 5.11 Å². The third kappa shape index (κ3) is 3.58. The van der Waals surface area contributed by atoms with Gasteiger partial charge in [-0.05, 0) is 6.42 Å². The predicted molar refractivity (Wildman–Crippen MR) is 36.1 cm³/mol. The summed E-state index contributed by atoms with van der Waals surface area (Å²) in [6.45, 7) is 0.369. The fraction of sp³-hybridized carbons (Fsp3) is 0.600. The van der Waals surface area contributed by atoms with E-state index in [-0.39, 0.29) is 52.5 Å². The Labute approximate surface area is 97.1 Å². The van der Waals surface area contributed by atoms with Crippen LogP contribution >= 0.6 is 0 Å². The predicted octanol–water partition coefficient (Wildman–Crippen LogP) is -0.364. The van der Waals surface area contributed by atoms with Crippen LogP contribution in [0.25, 0.3) is 0 Å². The van der Waals surface area contributed by atoms with Crippen LogP contribution in [0.3, 0.4) is 0 Å². The van der Waals surface area contributed by atoms with Gasteiger partial charge in [0.25, 0.3) is 0 Å². The number of hydrogen-bond acceptors (Lipinski definition) is 2. The summed E-state index contributed by atoms with van der Waals surface area (Å²) in [5.74, 6) is -0.275. The minimum absolute atomic E-state index is 0. The van der Waals surface area contributed by atoms with E-state index in [1.54, 1.807) is 0 Å². The van der Waals surface area contributed by atoms with Crippen LogP contribution in [-0.4, -0.2) is 58.1 Å². The van der Waals surface area contributed by atoms with Gasteiger partial charge in [-0.25, -0.2) is 9.69 Å². The van der Waals surface area contributed by atoms with Gasteiger partial charge in [-0.15, -0.1) is 0 Å². The van der Waals surface area contributed by atoms with E-state index in [1.807, 2.05) is 0 Å². The van der Waals surface area contributed by atoms with Crippen molar-refractivity contribution in [3.8, 4) is 0 Å². The number of rotatable bonds is 0. The molecule has 1 aliphatic rings. The molecule has 1 N–H and O–H groups in total. The Kier molecular flexibility index (Phi) is 7.68. The Morgan fingerprint density at radius 1 is 1.55 bits per heavy atom. The van der Waals surface area contributed by atoms with E-state index in [1.165, 1.54) is 0 Å². The molecule has 4 nitrogen and oxygen atoms in total. The van der Waals surface area contributed by atoms with Crippen LogP contribution in [0.2, 0.25) is 0 Å². The summed E-state index contributed by atoms with van der Waals surface area (Å²) in [6, 6.07) is 0. The first-order valence-electron chi connectivity index (χ1n) is 2.75. The van der Waals surface area contributed by atoms with Crippen LogP contribution in [0.1, 0.15) is 12.8 Å². The molecule has 1 rings (SSSR count). The Balaban J connectivity index is 0. The van der Waals surface area contributed by atoms with Crippen LogP contribution in [-0.2, 0) is 21.9 Å². The SMILES string of the molecule is O=C(O)N1CCCC1=O.[Cu].[NaH]. The zero-order chi connectivity index (χ0) is 6.85. The van der Waals surface area contributed by atoms with E-state index in [0.717, 1.165) is 4.90 Å². The van der Waals surface area contributed by atoms with Crippen molar-refractivity contribution in [1.29, 1.82) is 0 Å². The van der Waals surface area contributed by atoms with Gasteiger partial charge in [0.05, 0.1) is 0 Å². The standard InChI is InChI=1S/C5H7NO3.Cu.Na.H/c7-4-2-1-3-6(4)5(8)9;;;/h1-3H2,(H,8,9);;;. The molecular weight excluding hydrogens is 209 g/mol. The molecule has 0 aromatic rings. The third-order valence-corrected chi connectivity index (χ3v) is 1.30. The van der Waals surface area contributed by atoms with Crippen molar-refractivity contribution in [2.45, 2.75) is 12.8 Å². The number of hydrogen-bond donors (Lipinski definition) is 1. The Bertz CT molecular complexity index is 164. The average Bonchev–Trinajstić information content (AvgIpc) is 2.13. The van der Waals surface area contributed by atoms with Gasteiger partial charge >= 0.3 is 35.7 Å². The first-order valence-corrected chi connectivity index (χ1v) is 2.75. The van der Waals surface area contributed by atoms with Gasteiger partial charge in [-0.3, -0.25) is 4.79 Å². The Morgan fingerprint density at radius 2 is 2.09 bits per heavy atom. The van der Waals surface area contributed by atoms with E-state index >= 15 is 0 Å². The zero-order valence-corrected chi connectivity index (χ0v) is 6.08. The molecule has 1 radical (unpaired) electrons. The number of nitrogens with zero attached hydrogens (tertiary/aromatic N) is 1. The summed E-state index contributed by atoms with van der Waals surface area (Å²) in [6.07, 6.45) is -0.0743. The number of carbonyl (C=O) groups excluding carboxylic acids is 1. The number of carbonyl (C=O) groups is 2. The summed E-state index contributed by atoms with van der Waals surface area (Å²) in [4.78, 5) is 21.5. The molecule has 0 spiro atoms. The quantitative estimate of drug-likeness (QED) is 0.563. The first kappa shape index (κ1) is 14.0. The number of carboxylic acid groups (broad SMARTS) is 1. The normalized spacial score (nSPS) is 15.3. The average molecular weight is 217 g/mol. The van der Waals surface area contributed by atoms with Crippen LogP contribution in [0.5, 0.6) is 0 Å². The van der Waals surface area contributed by atoms with Gasteiger partial charge in [-0.2, -0.15) is 0 Å². The molecule has 0 bridgehead atoms. The molecular formula is C5H8CuNNaO3. The van der Waals surface area contributed by atoms with Crippen LogP contribution in [0.15, 0.2) is 0 Å². The molecule has 63 valence electrons. The van der Waals surface area contributed by atoms with E-state index < -0.39 is 6.09 Å². The third-order valence-electron chi connectivity index (χ3n) is 1.30. The van der Waals surface area contributed by atoms with Crippen molar-refractivity contribution in [2.24, 2.45) is 0 Å². The maximum atomic E-state index is 10.6. The summed E-state index contributed by atoms with van der Waals surface area (Å²) in [5, 5.41) is 8.29. The van der Waals surface area contributed by atoms with Gasteiger partial charge in [0, 0.05) is 30.0 Å². The molecule has 0 aromatic carbocycles. The van der Waals surface area contributed by atoms with Gasteiger partial charge in [0.15, 0.2) is 0 Å². The van der Waals surface area contributed by atoms with Gasteiger partial charge in [0.2, 0.25) is 5.91 Å². The molecule has 6 heteroatoms. The maximum absolute atomic E-state index is 10.6. The number of likely N-dealkylation sites (tertiary alicyclic amines) is 1. The van der Waals surface area contributed by atoms with Crippen molar-refractivity contribution in [2.75, 3.05) is 6.54 Å². The molecule has 1 aliphatic heterocycles. The minimum atomic E-state index is -1.13. The fourth-order valence-corrected chi connectivity index (χ4v) is 0.850. The molecule has 0 atom stereocenters. The summed E-state index contributed by atoms with van der Waals surface area (Å²) in [7, 11) is 0. The second-order valence-electron chi connectivity index (χ2n) is 1.93. The van der Waals surface area contributed by atoms with Crippen LogP contribution < -0.4 is 0 Å². The molecule has 0 unspecified atom stereocenters. The Hall–Kier alpha value is 0.459. The molecule has 0 aliphatic carbocycles. The first-order chi connectivity index (χ1) is 4.22. The van der Waals surface area contributed by atoms with Gasteiger partial charge < -0.3 is 5.11 Å². The van der Waals surface area contributed by atoms with E-state index in [0.29, 0.717) is 19.4 Å². The fourth-order valence-electron chi connectivity index (χ4n) is 0.850. The van der Waals surface area contributed by atoms with Crippen LogP contribution in [0, 0.1) is 0 Å². The molecule has 11 heavy (non-hydrogen) atoms. The number of imide groups is 1. The monoisotopic (exact) mass is 216 g/mol. The zero-order valence-electron chi connectivity index (χ0n) is 5.13. The van der Waals surface area contributed by atoms with Crippen LogP contribution in [0.4, 0.5) is 4.79 Å². The summed E-state index contributed by atoms with van der Waals surface area (Å²) in [5.41, 5.74) is 0. The second kappa shape index (κ2) is 6.03. The van der Waals surface area contributed by atoms with Gasteiger partial charge in [-0.1, -0.05) is 0 Å². The van der Waals surface area contributed by atoms with Crippen molar-refractivity contribution in [1.82, 2.24) is 4.90 Å². The van der Waals surface area contributed by atoms with Crippen molar-refractivity contribution < 1.29 is 31.8 Å². The van der Waals surface area contributed by atoms with Gasteiger partial charge in [0.1, 0.15) is 0 Å². The van der Waals surface area contributed by atoms with Crippen molar-refractivity contribution in [3.63, 3.8) is 0 Å². The molecule has 0 saturated carbocycles. The molecule has 1 heterocycles. The van der Waals surface area contributed by atoms with E-state index in [9.17, 15) is 9.59 Å². The summed E-state index contributed by atoms with van der Waals surface area (Å²) < 4.78 is 0. The van der Waals surface area contributed by atoms with Crippen molar-refractivity contribution in [3.05, 3.63) is 0 Å². The Morgan fingerprint density at radius 3 is 2.27 bits per heavy atom. The molecule has 1 fully saturated rings. The molecule has 1 saturated heterocycles. The summed E-state index contributed by atoms with van der Waals surface area (Å²) >= 11 is 0. The molecule has 0 aromatic heterocycles.